The lowest BCUT2D eigenvalue weighted by Crippen LogP contribution is -2.08. The monoisotopic (exact) mass is 347 g/mol. The summed E-state index contributed by atoms with van der Waals surface area (Å²) in [5.74, 6) is -9.38. The molecule has 8 heteroatoms. The van der Waals surface area contributed by atoms with Crippen molar-refractivity contribution < 1.29 is 27.2 Å². The van der Waals surface area contributed by atoms with E-state index in [1.807, 2.05) is 19.9 Å². The van der Waals surface area contributed by atoms with Crippen molar-refractivity contribution in [3.63, 3.8) is 0 Å². The van der Waals surface area contributed by atoms with Crippen LogP contribution in [-0.2, 0) is 0 Å². The maximum Gasteiger partial charge on any atom is 0.346 e. The minimum Gasteiger partial charge on any atom is -0.483 e. The molecule has 0 N–H and O–H groups in total. The minimum atomic E-state index is -2.10. The molecule has 0 fully saturated rings. The summed E-state index contributed by atoms with van der Waals surface area (Å²) in [7, 11) is 0. The second kappa shape index (κ2) is 8.47. The molecule has 0 atom stereocenters. The lowest BCUT2D eigenvalue weighted by molar-refractivity contribution is -0.390. The van der Waals surface area contributed by atoms with Crippen LogP contribution in [0.25, 0.3) is 0 Å². The fraction of sp³-hybridized carbons (Fsp3) is 0.375. The zero-order chi connectivity index (χ0) is 18.4. The Kier molecular flexibility index (Phi) is 6.94. The number of hydrogen-bond acceptors (Lipinski definition) is 3. The van der Waals surface area contributed by atoms with Crippen LogP contribution in [-0.4, -0.2) is 11.5 Å². The van der Waals surface area contributed by atoms with Crippen LogP contribution in [0.1, 0.15) is 33.6 Å². The second-order valence-electron chi connectivity index (χ2n) is 5.37. The molecule has 0 saturated heterocycles. The number of benzene rings is 1. The maximum absolute atomic E-state index is 13.6. The molecule has 4 nitrogen and oxygen atoms in total. The molecule has 1 rings (SSSR count). The summed E-state index contributed by atoms with van der Waals surface area (Å²) in [5, 5.41) is 10.4. The van der Waals surface area contributed by atoms with Gasteiger partial charge in [0.05, 0.1) is 4.92 Å². The fourth-order valence-electron chi connectivity index (χ4n) is 1.84. The van der Waals surface area contributed by atoms with Crippen molar-refractivity contribution in [1.82, 2.24) is 0 Å². The van der Waals surface area contributed by atoms with Crippen LogP contribution >= 0.6 is 0 Å². The number of halogens is 4. The Morgan fingerprint density at radius 1 is 1.04 bits per heavy atom. The van der Waals surface area contributed by atoms with Gasteiger partial charge in [0, 0.05) is 0 Å². The SMILES string of the molecule is CC(C)=CCCC(C)=CCOc1c(F)c(F)c([N+](=O)[O-])c(F)c1F. The van der Waals surface area contributed by atoms with E-state index in [-0.39, 0.29) is 6.61 Å². The summed E-state index contributed by atoms with van der Waals surface area (Å²) >= 11 is 0. The van der Waals surface area contributed by atoms with Gasteiger partial charge in [-0.05, 0) is 39.7 Å². The molecule has 1 aromatic rings. The molecule has 0 unspecified atom stereocenters. The Morgan fingerprint density at radius 2 is 1.58 bits per heavy atom. The van der Waals surface area contributed by atoms with E-state index in [1.165, 1.54) is 6.08 Å². The number of hydrogen-bond donors (Lipinski definition) is 0. The van der Waals surface area contributed by atoms with Crippen molar-refractivity contribution in [3.8, 4) is 5.75 Å². The maximum atomic E-state index is 13.6. The zero-order valence-electron chi connectivity index (χ0n) is 13.5. The number of rotatable bonds is 7. The predicted octanol–water partition coefficient (Wildman–Crippen LogP) is 5.22. The molecule has 0 amide bonds. The van der Waals surface area contributed by atoms with Crippen LogP contribution in [0.2, 0.25) is 0 Å². The highest BCUT2D eigenvalue weighted by Crippen LogP contribution is 2.34. The van der Waals surface area contributed by atoms with Crippen LogP contribution in [0.3, 0.4) is 0 Å². The molecule has 0 saturated carbocycles. The Balaban J connectivity index is 2.90. The predicted molar refractivity (Wildman–Crippen MR) is 80.8 cm³/mol. The molecular weight excluding hydrogens is 330 g/mol. The van der Waals surface area contributed by atoms with E-state index >= 15 is 0 Å². The first kappa shape index (κ1) is 19.7. The summed E-state index contributed by atoms with van der Waals surface area (Å²) in [6.45, 7) is 5.34. The van der Waals surface area contributed by atoms with Crippen molar-refractivity contribution in [2.75, 3.05) is 6.61 Å². The number of nitrogens with zero attached hydrogens (tertiary/aromatic N) is 1. The fourth-order valence-corrected chi connectivity index (χ4v) is 1.84. The molecule has 132 valence electrons. The highest BCUT2D eigenvalue weighted by molar-refractivity contribution is 5.42. The van der Waals surface area contributed by atoms with Gasteiger partial charge in [0.2, 0.25) is 23.3 Å². The van der Waals surface area contributed by atoms with Crippen molar-refractivity contribution in [3.05, 3.63) is 56.7 Å². The van der Waals surface area contributed by atoms with E-state index in [4.69, 9.17) is 4.74 Å². The average Bonchev–Trinajstić information content (AvgIpc) is 2.48. The third kappa shape index (κ3) is 4.81. The lowest BCUT2D eigenvalue weighted by Gasteiger charge is -2.09. The van der Waals surface area contributed by atoms with Gasteiger partial charge in [-0.15, -0.1) is 0 Å². The van der Waals surface area contributed by atoms with Gasteiger partial charge >= 0.3 is 5.69 Å². The molecule has 0 aliphatic carbocycles. The van der Waals surface area contributed by atoms with E-state index in [1.54, 1.807) is 6.92 Å². The summed E-state index contributed by atoms with van der Waals surface area (Å²) in [4.78, 5) is 8.91. The van der Waals surface area contributed by atoms with Crippen molar-refractivity contribution in [2.45, 2.75) is 33.6 Å². The van der Waals surface area contributed by atoms with Crippen molar-refractivity contribution in [2.24, 2.45) is 0 Å². The Morgan fingerprint density at radius 3 is 2.04 bits per heavy atom. The summed E-state index contributed by atoms with van der Waals surface area (Å²) < 4.78 is 58.9. The standard InChI is InChI=1S/C16H17F4NO3/c1-9(2)5-4-6-10(3)7-8-24-16-13(19)11(17)15(21(22)23)12(18)14(16)20/h5,7H,4,6,8H2,1-3H3. The normalized spacial score (nSPS) is 11.4. The topological polar surface area (TPSA) is 52.4 Å². The molecular formula is C16H17F4NO3. The largest absolute Gasteiger partial charge is 0.483 e. The number of nitro groups is 1. The smallest absolute Gasteiger partial charge is 0.346 e. The van der Waals surface area contributed by atoms with E-state index < -0.39 is 39.6 Å². The quantitative estimate of drug-likeness (QED) is 0.223. The van der Waals surface area contributed by atoms with Crippen molar-refractivity contribution >= 4 is 5.69 Å². The first-order valence-electron chi connectivity index (χ1n) is 7.08. The molecule has 0 radical (unpaired) electrons. The second-order valence-corrected chi connectivity index (χ2v) is 5.37. The van der Waals surface area contributed by atoms with Gasteiger partial charge in [-0.1, -0.05) is 17.2 Å². The first-order valence-corrected chi connectivity index (χ1v) is 7.08. The summed E-state index contributed by atoms with van der Waals surface area (Å²) in [6, 6.07) is 0. The molecule has 24 heavy (non-hydrogen) atoms. The number of nitro benzene ring substituents is 1. The lowest BCUT2D eigenvalue weighted by atomic mass is 10.1. The van der Waals surface area contributed by atoms with E-state index in [2.05, 4.69) is 0 Å². The van der Waals surface area contributed by atoms with Gasteiger partial charge in [0.15, 0.2) is 5.75 Å². The Bertz CT molecular complexity index is 666. The summed E-state index contributed by atoms with van der Waals surface area (Å²) in [6.07, 6.45) is 4.98. The number of allylic oxidation sites excluding steroid dienone is 3. The Hall–Kier alpha value is -2.38. The van der Waals surface area contributed by atoms with E-state index in [0.717, 1.165) is 17.6 Å². The van der Waals surface area contributed by atoms with Crippen molar-refractivity contribution in [1.29, 1.82) is 0 Å². The summed E-state index contributed by atoms with van der Waals surface area (Å²) in [5.41, 5.74) is 0.127. The van der Waals surface area contributed by atoms with Gasteiger partial charge in [-0.3, -0.25) is 10.1 Å². The Labute approximate surface area is 136 Å². The highest BCUT2D eigenvalue weighted by Gasteiger charge is 2.33. The molecule has 0 spiro atoms. The van der Waals surface area contributed by atoms with Crippen LogP contribution in [0, 0.1) is 33.4 Å². The van der Waals surface area contributed by atoms with Crippen LogP contribution in [0.4, 0.5) is 23.2 Å². The first-order chi connectivity index (χ1) is 11.2. The molecule has 1 aromatic carbocycles. The average molecular weight is 347 g/mol. The van der Waals surface area contributed by atoms with E-state index in [0.29, 0.717) is 6.42 Å². The minimum absolute atomic E-state index is 0.328. The molecule has 0 bridgehead atoms. The highest BCUT2D eigenvalue weighted by atomic mass is 19.2. The molecule has 0 heterocycles. The van der Waals surface area contributed by atoms with Crippen LogP contribution in [0.15, 0.2) is 23.3 Å². The third-order valence-electron chi connectivity index (χ3n) is 3.13. The molecule has 0 aliphatic heterocycles. The van der Waals surface area contributed by atoms with Gasteiger partial charge in [-0.25, -0.2) is 0 Å². The van der Waals surface area contributed by atoms with Gasteiger partial charge in [0.1, 0.15) is 6.61 Å². The van der Waals surface area contributed by atoms with Crippen LogP contribution in [0.5, 0.6) is 5.75 Å². The van der Waals surface area contributed by atoms with E-state index in [9.17, 15) is 27.7 Å². The zero-order valence-corrected chi connectivity index (χ0v) is 13.5. The van der Waals surface area contributed by atoms with Gasteiger partial charge in [0.25, 0.3) is 0 Å². The van der Waals surface area contributed by atoms with Crippen LogP contribution < -0.4 is 4.74 Å². The number of ether oxygens (including phenoxy) is 1. The van der Waals surface area contributed by atoms with Gasteiger partial charge < -0.3 is 4.74 Å². The molecule has 0 aliphatic rings. The molecule has 0 aromatic heterocycles. The van der Waals surface area contributed by atoms with Gasteiger partial charge in [-0.2, -0.15) is 17.6 Å². The third-order valence-corrected chi connectivity index (χ3v) is 3.13.